The molecule has 0 radical (unpaired) electrons. The number of hydrogen-bond acceptors (Lipinski definition) is 6. The Morgan fingerprint density at radius 1 is 1.23 bits per heavy atom. The van der Waals surface area contributed by atoms with Gasteiger partial charge in [-0.2, -0.15) is 0 Å². The van der Waals surface area contributed by atoms with Crippen molar-refractivity contribution in [2.45, 2.75) is 39.3 Å². The molecule has 7 nitrogen and oxygen atoms in total. The number of thiazole rings is 1. The van der Waals surface area contributed by atoms with Gasteiger partial charge >= 0.3 is 5.97 Å². The number of allylic oxidation sites excluding steroid dienone is 2. The maximum Gasteiger partial charge on any atom is 0.338 e. The lowest BCUT2D eigenvalue weighted by molar-refractivity contribution is -0.139. The number of hydrogen-bond donors (Lipinski definition) is 0. The highest BCUT2D eigenvalue weighted by atomic mass is 79.9. The Bertz CT molecular complexity index is 1830. The van der Waals surface area contributed by atoms with E-state index >= 15 is 0 Å². The van der Waals surface area contributed by atoms with Crippen molar-refractivity contribution < 1.29 is 14.3 Å². The maximum absolute atomic E-state index is 14.2. The van der Waals surface area contributed by atoms with Crippen molar-refractivity contribution in [2.75, 3.05) is 13.7 Å². The normalized spacial score (nSPS) is 15.2. The first-order valence-electron chi connectivity index (χ1n) is 13.2. The molecule has 3 heterocycles. The summed E-state index contributed by atoms with van der Waals surface area (Å²) >= 11 is 4.88. The zero-order valence-corrected chi connectivity index (χ0v) is 25.0. The average Bonchev–Trinajstić information content (AvgIpc) is 3.45. The molecule has 0 bridgehead atoms. The largest absolute Gasteiger partial charge is 0.496 e. The molecule has 0 fully saturated rings. The first-order chi connectivity index (χ1) is 19.4. The summed E-state index contributed by atoms with van der Waals surface area (Å²) in [6.45, 7) is 8.55. The van der Waals surface area contributed by atoms with Crippen molar-refractivity contribution in [2.24, 2.45) is 4.99 Å². The minimum atomic E-state index is -0.756. The van der Waals surface area contributed by atoms with E-state index in [-0.39, 0.29) is 12.2 Å². The molecule has 1 aliphatic rings. The summed E-state index contributed by atoms with van der Waals surface area (Å²) in [4.78, 5) is 33.0. The van der Waals surface area contributed by atoms with Crippen LogP contribution in [0.5, 0.6) is 5.75 Å². The molecule has 9 heteroatoms. The molecule has 1 aliphatic heterocycles. The quantitative estimate of drug-likeness (QED) is 0.183. The molecular weight excluding hydrogens is 590 g/mol. The second kappa shape index (κ2) is 11.8. The van der Waals surface area contributed by atoms with Crippen LogP contribution in [0.25, 0.3) is 17.0 Å². The molecular formula is C31H30BrN3O4S. The van der Waals surface area contributed by atoms with Crippen LogP contribution >= 0.6 is 27.3 Å². The Kier molecular flexibility index (Phi) is 8.23. The summed E-state index contributed by atoms with van der Waals surface area (Å²) in [6, 6.07) is 12.9. The van der Waals surface area contributed by atoms with E-state index in [4.69, 9.17) is 14.5 Å². The van der Waals surface area contributed by atoms with Gasteiger partial charge in [0.05, 0.1) is 29.5 Å². The molecule has 0 unspecified atom stereocenters. The minimum Gasteiger partial charge on any atom is -0.496 e. The summed E-state index contributed by atoms with van der Waals surface area (Å²) < 4.78 is 16.3. The average molecular weight is 621 g/mol. The van der Waals surface area contributed by atoms with E-state index in [9.17, 15) is 9.59 Å². The van der Waals surface area contributed by atoms with Gasteiger partial charge in [0.25, 0.3) is 5.56 Å². The molecule has 40 heavy (non-hydrogen) atoms. The predicted molar refractivity (Wildman–Crippen MR) is 162 cm³/mol. The molecule has 4 aromatic rings. The monoisotopic (exact) mass is 619 g/mol. The Morgan fingerprint density at radius 2 is 2.02 bits per heavy atom. The van der Waals surface area contributed by atoms with Crippen LogP contribution in [0.1, 0.15) is 43.9 Å². The van der Waals surface area contributed by atoms with E-state index in [2.05, 4.69) is 33.1 Å². The summed E-state index contributed by atoms with van der Waals surface area (Å²) in [7, 11) is 1.58. The SMILES string of the molecule is C=CCn1cc(/C=c2/sc3n(c2=O)[C@@H](c2cc(Br)ccc2OC)C(C(=O)OCC)=C(CCC)N=3)c2ccccc21. The Labute approximate surface area is 244 Å². The third-order valence-corrected chi connectivity index (χ3v) is 8.29. The summed E-state index contributed by atoms with van der Waals surface area (Å²) in [5, 5.41) is 1.04. The van der Waals surface area contributed by atoms with E-state index < -0.39 is 12.0 Å². The number of fused-ring (bicyclic) bond motifs is 2. The van der Waals surface area contributed by atoms with Gasteiger partial charge in [-0.1, -0.05) is 64.9 Å². The number of nitrogens with zero attached hydrogens (tertiary/aromatic N) is 3. The molecule has 0 saturated heterocycles. The van der Waals surface area contributed by atoms with Crippen molar-refractivity contribution in [3.05, 3.63) is 108 Å². The molecule has 0 N–H and O–H groups in total. The number of para-hydroxylation sites is 1. The standard InChI is InChI=1S/C31H30BrN3O4S/c1-5-10-23-27(30(37)39-7-3)28(22-17-20(32)13-14-25(22)38-4)35-29(36)26(40-31(35)33-23)16-19-18-34(15-6-2)24-12-9-8-11-21(19)24/h6,8-9,11-14,16-18,28H,2,5,7,10,15H2,1,3-4H3/b26-16+/t28-/m0/s1. The van der Waals surface area contributed by atoms with Crippen LogP contribution in [0.4, 0.5) is 0 Å². The zero-order chi connectivity index (χ0) is 28.4. The van der Waals surface area contributed by atoms with Crippen molar-refractivity contribution >= 4 is 50.2 Å². The van der Waals surface area contributed by atoms with Crippen LogP contribution in [-0.4, -0.2) is 28.8 Å². The number of rotatable bonds is 9. The van der Waals surface area contributed by atoms with Crippen LogP contribution in [0.2, 0.25) is 0 Å². The van der Waals surface area contributed by atoms with Crippen LogP contribution < -0.4 is 19.6 Å². The van der Waals surface area contributed by atoms with Crippen LogP contribution in [0, 0.1) is 0 Å². The minimum absolute atomic E-state index is 0.212. The molecule has 206 valence electrons. The van der Waals surface area contributed by atoms with E-state index in [0.29, 0.717) is 44.9 Å². The molecule has 0 spiro atoms. The lowest BCUT2D eigenvalue weighted by Gasteiger charge is -2.27. The summed E-state index contributed by atoms with van der Waals surface area (Å²) in [5.74, 6) is 0.0818. The second-order valence-electron chi connectivity index (χ2n) is 9.34. The molecule has 5 rings (SSSR count). The highest BCUT2D eigenvalue weighted by Gasteiger charge is 2.36. The third kappa shape index (κ3) is 4.99. The van der Waals surface area contributed by atoms with Gasteiger partial charge in [0, 0.05) is 39.2 Å². The number of benzene rings is 2. The number of carbonyl (C=O) groups excluding carboxylic acids is 1. The smallest absolute Gasteiger partial charge is 0.338 e. The van der Waals surface area contributed by atoms with Gasteiger partial charge in [0.15, 0.2) is 4.80 Å². The first kappa shape index (κ1) is 27.9. The van der Waals surface area contributed by atoms with Crippen molar-refractivity contribution in [1.82, 2.24) is 9.13 Å². The van der Waals surface area contributed by atoms with Gasteiger partial charge in [-0.15, -0.1) is 6.58 Å². The van der Waals surface area contributed by atoms with E-state index in [1.165, 1.54) is 11.3 Å². The predicted octanol–water partition coefficient (Wildman–Crippen LogP) is 5.49. The topological polar surface area (TPSA) is 74.8 Å². The number of esters is 1. The highest BCUT2D eigenvalue weighted by molar-refractivity contribution is 9.10. The van der Waals surface area contributed by atoms with Crippen LogP contribution in [0.3, 0.4) is 0 Å². The molecule has 1 atom stereocenters. The molecule has 0 amide bonds. The Morgan fingerprint density at radius 3 is 2.75 bits per heavy atom. The van der Waals surface area contributed by atoms with Gasteiger partial charge < -0.3 is 14.0 Å². The molecule has 2 aromatic carbocycles. The van der Waals surface area contributed by atoms with Crippen LogP contribution in [0.15, 0.2) is 86.8 Å². The van der Waals surface area contributed by atoms with Crippen molar-refractivity contribution in [1.29, 1.82) is 0 Å². The Hall–Kier alpha value is -3.69. The maximum atomic E-state index is 14.2. The number of aromatic nitrogens is 2. The summed E-state index contributed by atoms with van der Waals surface area (Å²) in [6.07, 6.45) is 7.14. The fourth-order valence-corrected chi connectivity index (χ4v) is 6.55. The van der Waals surface area contributed by atoms with Crippen molar-refractivity contribution in [3.8, 4) is 5.75 Å². The van der Waals surface area contributed by atoms with Gasteiger partial charge in [0.2, 0.25) is 0 Å². The lowest BCUT2D eigenvalue weighted by Crippen LogP contribution is -2.40. The molecule has 0 aliphatic carbocycles. The van der Waals surface area contributed by atoms with Gasteiger partial charge in [-0.3, -0.25) is 9.36 Å². The number of methoxy groups -OCH3 is 1. The first-order valence-corrected chi connectivity index (χ1v) is 14.8. The van der Waals surface area contributed by atoms with E-state index in [1.807, 2.05) is 61.7 Å². The molecule has 0 saturated carbocycles. The Balaban J connectivity index is 1.81. The number of halogens is 1. The number of carbonyl (C=O) groups is 1. The van der Waals surface area contributed by atoms with Gasteiger partial charge in [-0.05, 0) is 43.7 Å². The van der Waals surface area contributed by atoms with E-state index in [0.717, 1.165) is 27.4 Å². The van der Waals surface area contributed by atoms with Gasteiger partial charge in [-0.25, -0.2) is 9.79 Å². The lowest BCUT2D eigenvalue weighted by atomic mass is 9.93. The summed E-state index contributed by atoms with van der Waals surface area (Å²) in [5.41, 5.74) is 3.43. The highest BCUT2D eigenvalue weighted by Crippen LogP contribution is 2.38. The van der Waals surface area contributed by atoms with Gasteiger partial charge in [0.1, 0.15) is 11.8 Å². The fraction of sp³-hybridized carbons (Fsp3) is 0.258. The molecule has 2 aromatic heterocycles. The fourth-order valence-electron chi connectivity index (χ4n) is 5.16. The zero-order valence-electron chi connectivity index (χ0n) is 22.6. The number of ether oxygens (including phenoxy) is 2. The van der Waals surface area contributed by atoms with Crippen LogP contribution in [-0.2, 0) is 16.1 Å². The third-order valence-electron chi connectivity index (χ3n) is 6.81. The van der Waals surface area contributed by atoms with Crippen molar-refractivity contribution in [3.63, 3.8) is 0 Å². The van der Waals surface area contributed by atoms with E-state index in [1.54, 1.807) is 18.6 Å². The second-order valence-corrected chi connectivity index (χ2v) is 11.3.